The Morgan fingerprint density at radius 2 is 2.00 bits per heavy atom. The minimum atomic E-state index is 0.104. The fraction of sp³-hybridized carbons (Fsp3) is 0.462. The lowest BCUT2D eigenvalue weighted by molar-refractivity contribution is 0.210. The lowest BCUT2D eigenvalue weighted by atomic mass is 9.87. The molecule has 1 aromatic heterocycles. The molecule has 2 N–H and O–H groups in total. The first-order valence-electron chi connectivity index (χ1n) is 11.5. The Balaban J connectivity index is 1.13. The number of fused-ring (bicyclic) bond motifs is 2. The first kappa shape index (κ1) is 19.7. The third kappa shape index (κ3) is 4.12. The molecule has 0 aliphatic carbocycles. The van der Waals surface area contributed by atoms with E-state index in [1.165, 1.54) is 59.9 Å². The predicted molar refractivity (Wildman–Crippen MR) is 121 cm³/mol. The Hall–Kier alpha value is -2.30. The van der Waals surface area contributed by atoms with E-state index in [-0.39, 0.29) is 6.61 Å². The number of rotatable bonds is 6. The smallest absolute Gasteiger partial charge is 0.122 e. The fourth-order valence-electron chi connectivity index (χ4n) is 5.15. The SMILES string of the molecule is OCc1ccc2[nH]cc(CCCN3CCC(c4ccc5c(c4)CCCO5)CC3)c2c1. The van der Waals surface area contributed by atoms with Gasteiger partial charge < -0.3 is 19.7 Å². The lowest BCUT2D eigenvalue weighted by Crippen LogP contribution is -2.33. The summed E-state index contributed by atoms with van der Waals surface area (Å²) in [6.45, 7) is 4.53. The van der Waals surface area contributed by atoms with E-state index in [1.807, 2.05) is 6.07 Å². The van der Waals surface area contributed by atoms with Gasteiger partial charge in [-0.25, -0.2) is 0 Å². The standard InChI is InChI=1S/C26H32N2O2/c29-18-19-5-7-25-24(15-19)23(17-27-25)3-1-11-28-12-9-20(10-13-28)21-6-8-26-22(16-21)4-2-14-30-26/h5-8,15-17,20,27,29H,1-4,9-14,18H2. The first-order valence-corrected chi connectivity index (χ1v) is 11.5. The average molecular weight is 405 g/mol. The summed E-state index contributed by atoms with van der Waals surface area (Å²) in [4.78, 5) is 6.00. The van der Waals surface area contributed by atoms with Crippen LogP contribution in [0.5, 0.6) is 5.75 Å². The molecule has 3 heterocycles. The molecule has 1 saturated heterocycles. The Bertz CT molecular complexity index is 1000. The van der Waals surface area contributed by atoms with E-state index in [2.05, 4.69) is 46.4 Å². The van der Waals surface area contributed by atoms with Gasteiger partial charge in [-0.15, -0.1) is 0 Å². The molecule has 0 spiro atoms. The number of piperidine rings is 1. The number of hydrogen-bond acceptors (Lipinski definition) is 3. The number of nitrogens with zero attached hydrogens (tertiary/aromatic N) is 1. The van der Waals surface area contributed by atoms with Gasteiger partial charge in [-0.1, -0.05) is 18.2 Å². The summed E-state index contributed by atoms with van der Waals surface area (Å²) in [6, 6.07) is 13.1. The third-order valence-corrected chi connectivity index (χ3v) is 6.93. The van der Waals surface area contributed by atoms with Crippen LogP contribution < -0.4 is 4.74 Å². The number of aliphatic hydroxyl groups is 1. The van der Waals surface area contributed by atoms with E-state index in [0.29, 0.717) is 5.92 Å². The number of benzene rings is 2. The maximum absolute atomic E-state index is 9.41. The molecule has 0 bridgehead atoms. The van der Waals surface area contributed by atoms with Crippen LogP contribution in [0.2, 0.25) is 0 Å². The number of nitrogens with one attached hydrogen (secondary N) is 1. The highest BCUT2D eigenvalue weighted by Crippen LogP contribution is 2.33. The summed E-state index contributed by atoms with van der Waals surface area (Å²) in [5.74, 6) is 1.80. The van der Waals surface area contributed by atoms with Gasteiger partial charge in [0.1, 0.15) is 5.75 Å². The fourth-order valence-corrected chi connectivity index (χ4v) is 5.15. The van der Waals surface area contributed by atoms with Gasteiger partial charge in [0.2, 0.25) is 0 Å². The van der Waals surface area contributed by atoms with Crippen LogP contribution in [0.4, 0.5) is 0 Å². The molecule has 2 aromatic carbocycles. The van der Waals surface area contributed by atoms with Crippen molar-refractivity contribution in [2.75, 3.05) is 26.2 Å². The summed E-state index contributed by atoms with van der Waals surface area (Å²) in [6.07, 6.45) is 9.22. The summed E-state index contributed by atoms with van der Waals surface area (Å²) in [7, 11) is 0. The molecule has 0 atom stereocenters. The number of aliphatic hydroxyl groups excluding tert-OH is 1. The van der Waals surface area contributed by atoms with Crippen LogP contribution in [0.3, 0.4) is 0 Å². The molecule has 2 aliphatic heterocycles. The van der Waals surface area contributed by atoms with Crippen molar-refractivity contribution < 1.29 is 9.84 Å². The van der Waals surface area contributed by atoms with Gasteiger partial charge in [-0.05, 0) is 105 Å². The van der Waals surface area contributed by atoms with Crippen molar-refractivity contribution in [2.45, 2.75) is 51.0 Å². The van der Waals surface area contributed by atoms with E-state index in [4.69, 9.17) is 4.74 Å². The molecule has 30 heavy (non-hydrogen) atoms. The van der Waals surface area contributed by atoms with Crippen LogP contribution >= 0.6 is 0 Å². The summed E-state index contributed by atoms with van der Waals surface area (Å²) >= 11 is 0. The zero-order valence-electron chi connectivity index (χ0n) is 17.7. The number of aromatic amines is 1. The van der Waals surface area contributed by atoms with Gasteiger partial charge in [0.25, 0.3) is 0 Å². The van der Waals surface area contributed by atoms with Crippen molar-refractivity contribution in [3.8, 4) is 5.75 Å². The molecule has 0 saturated carbocycles. The normalized spacial score (nSPS) is 17.8. The minimum absolute atomic E-state index is 0.104. The largest absolute Gasteiger partial charge is 0.493 e. The van der Waals surface area contributed by atoms with Crippen LogP contribution in [0, 0.1) is 0 Å². The van der Waals surface area contributed by atoms with Crippen molar-refractivity contribution >= 4 is 10.9 Å². The first-order chi connectivity index (χ1) is 14.8. The van der Waals surface area contributed by atoms with Gasteiger partial charge in [0.15, 0.2) is 0 Å². The van der Waals surface area contributed by atoms with Crippen LogP contribution in [-0.2, 0) is 19.4 Å². The van der Waals surface area contributed by atoms with Gasteiger partial charge >= 0.3 is 0 Å². The number of aryl methyl sites for hydroxylation is 2. The van der Waals surface area contributed by atoms with Crippen LogP contribution in [-0.4, -0.2) is 41.2 Å². The van der Waals surface area contributed by atoms with Crippen LogP contribution in [0.25, 0.3) is 10.9 Å². The molecular formula is C26H32N2O2. The minimum Gasteiger partial charge on any atom is -0.493 e. The molecule has 2 aliphatic rings. The van der Waals surface area contributed by atoms with E-state index < -0.39 is 0 Å². The highest BCUT2D eigenvalue weighted by atomic mass is 16.5. The van der Waals surface area contributed by atoms with Crippen molar-refractivity contribution in [3.05, 3.63) is 64.8 Å². The lowest BCUT2D eigenvalue weighted by Gasteiger charge is -2.32. The summed E-state index contributed by atoms with van der Waals surface area (Å²) in [5, 5.41) is 10.7. The average Bonchev–Trinajstić information content (AvgIpc) is 3.21. The maximum atomic E-state index is 9.41. The van der Waals surface area contributed by atoms with Gasteiger partial charge in [-0.3, -0.25) is 0 Å². The number of hydrogen-bond donors (Lipinski definition) is 2. The monoisotopic (exact) mass is 404 g/mol. The molecule has 1 fully saturated rings. The second kappa shape index (κ2) is 8.83. The van der Waals surface area contributed by atoms with E-state index in [9.17, 15) is 5.11 Å². The summed E-state index contributed by atoms with van der Waals surface area (Å²) in [5.41, 5.74) is 6.44. The van der Waals surface area contributed by atoms with Crippen molar-refractivity contribution in [3.63, 3.8) is 0 Å². The molecule has 4 heteroatoms. The third-order valence-electron chi connectivity index (χ3n) is 6.93. The topological polar surface area (TPSA) is 48.5 Å². The molecule has 0 radical (unpaired) electrons. The Kier molecular flexibility index (Phi) is 5.78. The molecule has 4 nitrogen and oxygen atoms in total. The second-order valence-corrected chi connectivity index (χ2v) is 8.89. The number of likely N-dealkylation sites (tertiary alicyclic amines) is 1. The van der Waals surface area contributed by atoms with E-state index in [1.54, 1.807) is 0 Å². The molecule has 3 aromatic rings. The predicted octanol–water partition coefficient (Wildman–Crippen LogP) is 4.80. The van der Waals surface area contributed by atoms with Crippen LogP contribution in [0.1, 0.15) is 53.9 Å². The second-order valence-electron chi connectivity index (χ2n) is 8.89. The molecule has 0 amide bonds. The highest BCUT2D eigenvalue weighted by Gasteiger charge is 2.22. The molecule has 5 rings (SSSR count). The van der Waals surface area contributed by atoms with Crippen molar-refractivity contribution in [1.29, 1.82) is 0 Å². The number of ether oxygens (including phenoxy) is 1. The quantitative estimate of drug-likeness (QED) is 0.621. The molecule has 158 valence electrons. The van der Waals surface area contributed by atoms with Crippen LogP contribution in [0.15, 0.2) is 42.6 Å². The number of H-pyrrole nitrogens is 1. The Morgan fingerprint density at radius 1 is 1.10 bits per heavy atom. The van der Waals surface area contributed by atoms with Gasteiger partial charge in [-0.2, -0.15) is 0 Å². The van der Waals surface area contributed by atoms with Gasteiger partial charge in [0, 0.05) is 17.1 Å². The maximum Gasteiger partial charge on any atom is 0.122 e. The molecule has 0 unspecified atom stereocenters. The van der Waals surface area contributed by atoms with Crippen molar-refractivity contribution in [1.82, 2.24) is 9.88 Å². The number of aromatic nitrogens is 1. The van der Waals surface area contributed by atoms with E-state index in [0.717, 1.165) is 43.7 Å². The Labute approximate surface area is 178 Å². The zero-order chi connectivity index (χ0) is 20.3. The van der Waals surface area contributed by atoms with Crippen molar-refractivity contribution in [2.24, 2.45) is 0 Å². The zero-order valence-corrected chi connectivity index (χ0v) is 17.7. The Morgan fingerprint density at radius 3 is 2.87 bits per heavy atom. The summed E-state index contributed by atoms with van der Waals surface area (Å²) < 4.78 is 5.77. The van der Waals surface area contributed by atoms with E-state index >= 15 is 0 Å². The van der Waals surface area contributed by atoms with Gasteiger partial charge in [0.05, 0.1) is 13.2 Å². The highest BCUT2D eigenvalue weighted by molar-refractivity contribution is 5.83. The molecular weight excluding hydrogens is 372 g/mol.